The lowest BCUT2D eigenvalue weighted by atomic mass is 9.92. The highest BCUT2D eigenvalue weighted by atomic mass is 32.2. The Balaban J connectivity index is 0.000000396. The number of rotatable bonds is 5. The number of hydrogen-bond donors (Lipinski definition) is 1. The van der Waals surface area contributed by atoms with Gasteiger partial charge in [0.15, 0.2) is 0 Å². The molecule has 0 radical (unpaired) electrons. The van der Waals surface area contributed by atoms with Crippen LogP contribution in [0.3, 0.4) is 0 Å². The number of nitrogens with zero attached hydrogens (tertiary/aromatic N) is 2. The molecule has 1 spiro atoms. The minimum Gasteiger partial charge on any atom is -0.475 e. The maximum atomic E-state index is 12.1. The first-order valence-electron chi connectivity index (χ1n) is 9.66. The van der Waals surface area contributed by atoms with Gasteiger partial charge in [-0.1, -0.05) is 19.9 Å². The molecule has 1 aromatic heterocycles. The van der Waals surface area contributed by atoms with E-state index in [0.717, 1.165) is 36.7 Å². The van der Waals surface area contributed by atoms with E-state index in [4.69, 9.17) is 14.6 Å². The lowest BCUT2D eigenvalue weighted by molar-refractivity contribution is -0.192. The molecular weight excluding hydrogens is 421 g/mol. The fraction of sp³-hybridized carbons (Fsp3) is 0.650. The molecule has 0 aromatic carbocycles. The first kappa shape index (κ1) is 24.5. The molecule has 168 valence electrons. The first-order valence-corrected chi connectivity index (χ1v) is 10.6. The van der Waals surface area contributed by atoms with Crippen LogP contribution in [-0.2, 0) is 20.9 Å². The van der Waals surface area contributed by atoms with E-state index < -0.39 is 12.1 Å². The molecule has 6 nitrogen and oxygen atoms in total. The highest BCUT2D eigenvalue weighted by molar-refractivity contribution is 8.01. The molecule has 0 saturated carbocycles. The third-order valence-corrected chi connectivity index (χ3v) is 6.30. The molecule has 1 unspecified atom stereocenters. The molecule has 30 heavy (non-hydrogen) atoms. The van der Waals surface area contributed by atoms with Crippen LogP contribution in [0.2, 0.25) is 0 Å². The van der Waals surface area contributed by atoms with Crippen molar-refractivity contribution in [1.29, 1.82) is 0 Å². The number of likely N-dealkylation sites (tertiary alicyclic amines) is 1. The van der Waals surface area contributed by atoms with Crippen LogP contribution < -0.4 is 0 Å². The van der Waals surface area contributed by atoms with Crippen LogP contribution in [0.4, 0.5) is 13.2 Å². The molecule has 1 atom stereocenters. The number of aliphatic carboxylic acids is 1. The van der Waals surface area contributed by atoms with Gasteiger partial charge in [0, 0.05) is 31.0 Å². The SMILES string of the molecule is Cc1cccc(COC2CSC3(C2)CN(C(=O)CC(C)C)C3)n1.O=C(O)C(F)(F)F. The highest BCUT2D eigenvalue weighted by Gasteiger charge is 2.50. The van der Waals surface area contributed by atoms with E-state index in [-0.39, 0.29) is 10.9 Å². The molecule has 3 rings (SSSR count). The number of alkyl halides is 3. The molecule has 1 N–H and O–H groups in total. The van der Waals surface area contributed by atoms with Gasteiger partial charge in [0.25, 0.3) is 0 Å². The number of ether oxygens (including phenoxy) is 1. The number of halogens is 3. The predicted octanol–water partition coefficient (Wildman–Crippen LogP) is 3.67. The van der Waals surface area contributed by atoms with Crippen LogP contribution in [0.1, 0.15) is 38.1 Å². The minimum absolute atomic E-state index is 0.247. The molecule has 2 aliphatic heterocycles. The molecule has 2 aliphatic rings. The fourth-order valence-electron chi connectivity index (χ4n) is 3.32. The molecule has 2 saturated heterocycles. The van der Waals surface area contributed by atoms with Crippen LogP contribution in [0.25, 0.3) is 0 Å². The van der Waals surface area contributed by atoms with Crippen molar-refractivity contribution in [1.82, 2.24) is 9.88 Å². The van der Waals surface area contributed by atoms with Crippen molar-refractivity contribution in [2.75, 3.05) is 18.8 Å². The van der Waals surface area contributed by atoms with Crippen LogP contribution in [0, 0.1) is 12.8 Å². The van der Waals surface area contributed by atoms with Gasteiger partial charge >= 0.3 is 12.1 Å². The van der Waals surface area contributed by atoms with Crippen molar-refractivity contribution in [3.05, 3.63) is 29.6 Å². The van der Waals surface area contributed by atoms with Crippen LogP contribution in [0.5, 0.6) is 0 Å². The van der Waals surface area contributed by atoms with Crippen molar-refractivity contribution >= 4 is 23.6 Å². The lowest BCUT2D eigenvalue weighted by Gasteiger charge is -2.47. The summed E-state index contributed by atoms with van der Waals surface area (Å²) in [7, 11) is 0. The molecule has 1 aromatic rings. The van der Waals surface area contributed by atoms with Crippen LogP contribution >= 0.6 is 11.8 Å². The second-order valence-corrected chi connectivity index (χ2v) is 9.54. The van der Waals surface area contributed by atoms with Crippen molar-refractivity contribution in [3.63, 3.8) is 0 Å². The number of aromatic nitrogens is 1. The molecular formula is C20H27F3N2O4S. The van der Waals surface area contributed by atoms with E-state index in [1.165, 1.54) is 0 Å². The Kier molecular flexibility index (Phi) is 8.15. The van der Waals surface area contributed by atoms with E-state index in [9.17, 15) is 18.0 Å². The third kappa shape index (κ3) is 7.16. The quantitative estimate of drug-likeness (QED) is 0.741. The second-order valence-electron chi connectivity index (χ2n) is 8.05. The van der Waals surface area contributed by atoms with Gasteiger partial charge in [-0.3, -0.25) is 9.78 Å². The monoisotopic (exact) mass is 448 g/mol. The van der Waals surface area contributed by atoms with Crippen LogP contribution in [-0.4, -0.2) is 62.7 Å². The summed E-state index contributed by atoms with van der Waals surface area (Å²) in [6.07, 6.45) is -3.08. The Labute approximate surface area is 178 Å². The van der Waals surface area contributed by atoms with E-state index >= 15 is 0 Å². The zero-order chi connectivity index (χ0) is 22.5. The maximum absolute atomic E-state index is 12.1. The summed E-state index contributed by atoms with van der Waals surface area (Å²) in [5.74, 6) is -0.988. The smallest absolute Gasteiger partial charge is 0.475 e. The van der Waals surface area contributed by atoms with Gasteiger partial charge in [0.2, 0.25) is 5.91 Å². The Morgan fingerprint density at radius 1 is 1.37 bits per heavy atom. The van der Waals surface area contributed by atoms with Gasteiger partial charge in [-0.2, -0.15) is 13.2 Å². The predicted molar refractivity (Wildman–Crippen MR) is 107 cm³/mol. The van der Waals surface area contributed by atoms with Crippen molar-refractivity contribution in [3.8, 4) is 0 Å². The number of pyridine rings is 1. The Morgan fingerprint density at radius 2 is 2.00 bits per heavy atom. The molecule has 0 aliphatic carbocycles. The number of hydrogen-bond acceptors (Lipinski definition) is 5. The van der Waals surface area contributed by atoms with Crippen LogP contribution in [0.15, 0.2) is 18.2 Å². The molecule has 2 fully saturated rings. The average molecular weight is 449 g/mol. The van der Waals surface area contributed by atoms with E-state index in [1.54, 1.807) is 0 Å². The van der Waals surface area contributed by atoms with Gasteiger partial charge in [0.05, 0.1) is 23.2 Å². The highest BCUT2D eigenvalue weighted by Crippen LogP contribution is 2.46. The number of amides is 1. The molecule has 3 heterocycles. The maximum Gasteiger partial charge on any atom is 0.490 e. The summed E-state index contributed by atoms with van der Waals surface area (Å²) in [5.41, 5.74) is 2.03. The summed E-state index contributed by atoms with van der Waals surface area (Å²) in [4.78, 5) is 27.5. The van der Waals surface area contributed by atoms with Gasteiger partial charge in [-0.25, -0.2) is 4.79 Å². The average Bonchev–Trinajstić information content (AvgIpc) is 3.02. The summed E-state index contributed by atoms with van der Waals surface area (Å²) in [5, 5.41) is 7.12. The Bertz CT molecular complexity index is 752. The van der Waals surface area contributed by atoms with Gasteiger partial charge < -0.3 is 14.7 Å². The van der Waals surface area contributed by atoms with Crippen molar-refractivity contribution < 1.29 is 32.6 Å². The number of carboxylic acids is 1. The fourth-order valence-corrected chi connectivity index (χ4v) is 4.87. The van der Waals surface area contributed by atoms with Crippen molar-refractivity contribution in [2.45, 2.75) is 57.2 Å². The summed E-state index contributed by atoms with van der Waals surface area (Å²) < 4.78 is 38.0. The van der Waals surface area contributed by atoms with E-state index in [0.29, 0.717) is 24.9 Å². The number of carboxylic acid groups (broad SMARTS) is 1. The number of carbonyl (C=O) groups is 2. The summed E-state index contributed by atoms with van der Waals surface area (Å²) >= 11 is 1.98. The number of thioether (sulfide) groups is 1. The topological polar surface area (TPSA) is 79.7 Å². The normalized spacial score (nSPS) is 20.0. The lowest BCUT2D eigenvalue weighted by Crippen LogP contribution is -2.60. The Morgan fingerprint density at radius 3 is 2.53 bits per heavy atom. The van der Waals surface area contributed by atoms with Gasteiger partial charge in [-0.15, -0.1) is 11.8 Å². The van der Waals surface area contributed by atoms with Crippen molar-refractivity contribution in [2.24, 2.45) is 5.92 Å². The summed E-state index contributed by atoms with van der Waals surface area (Å²) in [6, 6.07) is 6.04. The number of aryl methyl sites for hydroxylation is 1. The summed E-state index contributed by atoms with van der Waals surface area (Å²) in [6.45, 7) is 8.57. The molecule has 10 heteroatoms. The minimum atomic E-state index is -5.08. The standard InChI is InChI=1S/C18H26N2O2S.C2HF3O2/c1-13(2)7-17(21)20-11-18(12-20)8-16(10-23-18)22-9-15-6-4-5-14(3)19-15;3-2(4,5)1(6)7/h4-6,13,16H,7-12H2,1-3H3;(H,6,7). The van der Waals surface area contributed by atoms with E-state index in [1.807, 2.05) is 41.8 Å². The zero-order valence-electron chi connectivity index (χ0n) is 17.2. The second kappa shape index (κ2) is 10.00. The van der Waals surface area contributed by atoms with Gasteiger partial charge in [-0.05, 0) is 31.4 Å². The Hall–Kier alpha value is -1.81. The zero-order valence-corrected chi connectivity index (χ0v) is 18.1. The largest absolute Gasteiger partial charge is 0.490 e. The van der Waals surface area contributed by atoms with E-state index in [2.05, 4.69) is 18.8 Å². The van der Waals surface area contributed by atoms with Gasteiger partial charge in [0.1, 0.15) is 0 Å². The molecule has 1 amide bonds. The molecule has 0 bridgehead atoms. The third-order valence-electron chi connectivity index (χ3n) is 4.72. The number of carbonyl (C=O) groups excluding carboxylic acids is 1. The first-order chi connectivity index (χ1) is 13.9.